The van der Waals surface area contributed by atoms with E-state index >= 15 is 0 Å². The molecule has 0 radical (unpaired) electrons. The van der Waals surface area contributed by atoms with Gasteiger partial charge in [0.25, 0.3) is 5.91 Å². The summed E-state index contributed by atoms with van der Waals surface area (Å²) in [5.41, 5.74) is 0.954. The van der Waals surface area contributed by atoms with E-state index in [0.29, 0.717) is 16.3 Å². The normalized spacial score (nSPS) is 11.5. The Balaban J connectivity index is 1.95. The largest absolute Gasteiger partial charge is 0.449 e. The number of rotatable bonds is 4. The highest BCUT2D eigenvalue weighted by Crippen LogP contribution is 2.15. The van der Waals surface area contributed by atoms with E-state index < -0.39 is 18.0 Å². The minimum atomic E-state index is -0.906. The standard InChI is InChI=1S/C16H14ClNO3/c1-11(21-16(20)12-6-3-2-4-7-12)15(19)18-14-9-5-8-13(17)10-14/h2-11H,1H3,(H,18,19)/t11-/m0/s1. The summed E-state index contributed by atoms with van der Waals surface area (Å²) in [5.74, 6) is -0.953. The molecule has 0 aliphatic heterocycles. The molecule has 5 heteroatoms. The minimum Gasteiger partial charge on any atom is -0.449 e. The number of esters is 1. The molecule has 0 saturated carbocycles. The van der Waals surface area contributed by atoms with E-state index in [1.54, 1.807) is 54.6 Å². The van der Waals surface area contributed by atoms with Crippen LogP contribution in [0.15, 0.2) is 54.6 Å². The van der Waals surface area contributed by atoms with Gasteiger partial charge in [-0.05, 0) is 37.3 Å². The zero-order valence-electron chi connectivity index (χ0n) is 11.4. The van der Waals surface area contributed by atoms with Gasteiger partial charge in [0.15, 0.2) is 6.10 Å². The third-order valence-electron chi connectivity index (χ3n) is 2.75. The van der Waals surface area contributed by atoms with Crippen molar-refractivity contribution in [3.05, 3.63) is 65.2 Å². The van der Waals surface area contributed by atoms with Crippen LogP contribution in [0, 0.1) is 0 Å². The molecule has 2 aromatic carbocycles. The Morgan fingerprint density at radius 3 is 2.48 bits per heavy atom. The Hall–Kier alpha value is -2.33. The summed E-state index contributed by atoms with van der Waals surface area (Å²) in [4.78, 5) is 23.8. The molecule has 0 spiro atoms. The van der Waals surface area contributed by atoms with Gasteiger partial charge in [0.2, 0.25) is 0 Å². The van der Waals surface area contributed by atoms with Gasteiger partial charge in [0, 0.05) is 10.7 Å². The number of benzene rings is 2. The molecule has 0 bridgehead atoms. The number of hydrogen-bond donors (Lipinski definition) is 1. The van der Waals surface area contributed by atoms with Crippen LogP contribution in [-0.2, 0) is 9.53 Å². The van der Waals surface area contributed by atoms with E-state index in [-0.39, 0.29) is 0 Å². The maximum absolute atomic E-state index is 12.0. The molecular weight excluding hydrogens is 290 g/mol. The summed E-state index contributed by atoms with van der Waals surface area (Å²) in [6.45, 7) is 1.51. The van der Waals surface area contributed by atoms with Gasteiger partial charge >= 0.3 is 5.97 Å². The number of carbonyl (C=O) groups excluding carboxylic acids is 2. The molecule has 0 aliphatic carbocycles. The van der Waals surface area contributed by atoms with E-state index in [9.17, 15) is 9.59 Å². The third kappa shape index (κ3) is 4.33. The first-order chi connectivity index (χ1) is 10.1. The molecule has 0 aromatic heterocycles. The Labute approximate surface area is 127 Å². The summed E-state index contributed by atoms with van der Waals surface area (Å²) in [6, 6.07) is 15.3. The van der Waals surface area contributed by atoms with Crippen molar-refractivity contribution in [1.82, 2.24) is 0 Å². The fourth-order valence-corrected chi connectivity index (χ4v) is 1.86. The van der Waals surface area contributed by atoms with Crippen LogP contribution in [0.25, 0.3) is 0 Å². The van der Waals surface area contributed by atoms with Crippen molar-refractivity contribution >= 4 is 29.2 Å². The second kappa shape index (κ2) is 6.90. The first-order valence-corrected chi connectivity index (χ1v) is 6.76. The molecule has 0 unspecified atom stereocenters. The second-order valence-electron chi connectivity index (χ2n) is 4.41. The predicted octanol–water partition coefficient (Wildman–Crippen LogP) is 3.52. The van der Waals surface area contributed by atoms with E-state index in [0.717, 1.165) is 0 Å². The lowest BCUT2D eigenvalue weighted by molar-refractivity contribution is -0.123. The van der Waals surface area contributed by atoms with Crippen LogP contribution < -0.4 is 5.32 Å². The van der Waals surface area contributed by atoms with Gasteiger partial charge in [-0.2, -0.15) is 0 Å². The third-order valence-corrected chi connectivity index (χ3v) is 2.99. The molecule has 0 heterocycles. The predicted molar refractivity (Wildman–Crippen MR) is 81.4 cm³/mol. The Kier molecular flexibility index (Phi) is 4.95. The van der Waals surface area contributed by atoms with Gasteiger partial charge in [-0.1, -0.05) is 35.9 Å². The molecule has 108 valence electrons. The average Bonchev–Trinajstić information content (AvgIpc) is 2.48. The maximum Gasteiger partial charge on any atom is 0.338 e. The topological polar surface area (TPSA) is 55.4 Å². The van der Waals surface area contributed by atoms with E-state index in [1.807, 2.05) is 0 Å². The van der Waals surface area contributed by atoms with Gasteiger partial charge in [0.1, 0.15) is 0 Å². The maximum atomic E-state index is 12.0. The monoisotopic (exact) mass is 303 g/mol. The number of carbonyl (C=O) groups is 2. The number of anilines is 1. The van der Waals surface area contributed by atoms with Crippen molar-refractivity contribution in [2.45, 2.75) is 13.0 Å². The fourth-order valence-electron chi connectivity index (χ4n) is 1.67. The molecule has 1 amide bonds. The Bertz CT molecular complexity index is 643. The van der Waals surface area contributed by atoms with E-state index in [4.69, 9.17) is 16.3 Å². The van der Waals surface area contributed by atoms with E-state index in [2.05, 4.69) is 5.32 Å². The molecule has 1 N–H and O–H groups in total. The highest BCUT2D eigenvalue weighted by atomic mass is 35.5. The van der Waals surface area contributed by atoms with Crippen molar-refractivity contribution in [1.29, 1.82) is 0 Å². The molecule has 0 aliphatic rings. The van der Waals surface area contributed by atoms with Crippen molar-refractivity contribution in [3.63, 3.8) is 0 Å². The van der Waals surface area contributed by atoms with Crippen molar-refractivity contribution in [3.8, 4) is 0 Å². The number of amides is 1. The summed E-state index contributed by atoms with van der Waals surface area (Å²) in [7, 11) is 0. The molecule has 1 atom stereocenters. The number of ether oxygens (including phenoxy) is 1. The fraction of sp³-hybridized carbons (Fsp3) is 0.125. The quantitative estimate of drug-likeness (QED) is 0.879. The highest BCUT2D eigenvalue weighted by molar-refractivity contribution is 6.30. The van der Waals surface area contributed by atoms with Gasteiger partial charge in [-0.3, -0.25) is 4.79 Å². The van der Waals surface area contributed by atoms with Crippen LogP contribution in [0.5, 0.6) is 0 Å². The molecule has 2 rings (SSSR count). The van der Waals surface area contributed by atoms with Crippen molar-refractivity contribution in [2.24, 2.45) is 0 Å². The molecule has 21 heavy (non-hydrogen) atoms. The lowest BCUT2D eigenvalue weighted by atomic mass is 10.2. The number of halogens is 1. The Morgan fingerprint density at radius 1 is 1.10 bits per heavy atom. The zero-order chi connectivity index (χ0) is 15.2. The molecule has 0 saturated heterocycles. The smallest absolute Gasteiger partial charge is 0.338 e. The zero-order valence-corrected chi connectivity index (χ0v) is 12.1. The van der Waals surface area contributed by atoms with Gasteiger partial charge in [-0.15, -0.1) is 0 Å². The van der Waals surface area contributed by atoms with Gasteiger partial charge in [0.05, 0.1) is 5.56 Å². The van der Waals surface area contributed by atoms with Crippen LogP contribution in [0.4, 0.5) is 5.69 Å². The lowest BCUT2D eigenvalue weighted by Gasteiger charge is -2.13. The van der Waals surface area contributed by atoms with Crippen molar-refractivity contribution in [2.75, 3.05) is 5.32 Å². The van der Waals surface area contributed by atoms with Crippen LogP contribution in [-0.4, -0.2) is 18.0 Å². The van der Waals surface area contributed by atoms with Crippen LogP contribution in [0.2, 0.25) is 5.02 Å². The van der Waals surface area contributed by atoms with E-state index in [1.165, 1.54) is 6.92 Å². The Morgan fingerprint density at radius 2 is 1.81 bits per heavy atom. The van der Waals surface area contributed by atoms with Gasteiger partial charge in [-0.25, -0.2) is 4.79 Å². The highest BCUT2D eigenvalue weighted by Gasteiger charge is 2.18. The van der Waals surface area contributed by atoms with Crippen LogP contribution in [0.3, 0.4) is 0 Å². The molecular formula is C16H14ClNO3. The summed E-state index contributed by atoms with van der Waals surface area (Å²) < 4.78 is 5.12. The van der Waals surface area contributed by atoms with Crippen molar-refractivity contribution < 1.29 is 14.3 Å². The summed E-state index contributed by atoms with van der Waals surface area (Å²) >= 11 is 5.84. The first-order valence-electron chi connectivity index (χ1n) is 6.39. The lowest BCUT2D eigenvalue weighted by Crippen LogP contribution is -2.29. The second-order valence-corrected chi connectivity index (χ2v) is 4.85. The minimum absolute atomic E-state index is 0.403. The molecule has 2 aromatic rings. The van der Waals surface area contributed by atoms with Crippen LogP contribution >= 0.6 is 11.6 Å². The summed E-state index contributed by atoms with van der Waals surface area (Å²) in [6.07, 6.45) is -0.906. The van der Waals surface area contributed by atoms with Crippen LogP contribution in [0.1, 0.15) is 17.3 Å². The number of hydrogen-bond acceptors (Lipinski definition) is 3. The molecule has 4 nitrogen and oxygen atoms in total. The summed E-state index contributed by atoms with van der Waals surface area (Å²) in [5, 5.41) is 3.15. The average molecular weight is 304 g/mol. The van der Waals surface area contributed by atoms with Gasteiger partial charge < -0.3 is 10.1 Å². The number of nitrogens with one attached hydrogen (secondary N) is 1. The first kappa shape index (κ1) is 15.1. The molecule has 0 fully saturated rings. The SMILES string of the molecule is C[C@H](OC(=O)c1ccccc1)C(=O)Nc1cccc(Cl)c1.